The fraction of sp³-hybridized carbons (Fsp3) is 0.179. The number of amides is 1. The Hall–Kier alpha value is -4.02. The molecule has 1 atom stereocenters. The van der Waals surface area contributed by atoms with Crippen LogP contribution in [-0.2, 0) is 26.0 Å². The number of aromatic nitrogens is 1. The zero-order valence-corrected chi connectivity index (χ0v) is 22.4. The predicted molar refractivity (Wildman–Crippen MR) is 147 cm³/mol. The van der Waals surface area contributed by atoms with Gasteiger partial charge in [0.1, 0.15) is 0 Å². The second-order valence-corrected chi connectivity index (χ2v) is 11.7. The molecule has 5 rings (SSSR count). The van der Waals surface area contributed by atoms with Gasteiger partial charge in [-0.1, -0.05) is 54.1 Å². The van der Waals surface area contributed by atoms with E-state index in [-0.39, 0.29) is 16.5 Å². The number of hydrogen-bond donors (Lipinski definition) is 1. The fourth-order valence-electron chi connectivity index (χ4n) is 4.36. The van der Waals surface area contributed by atoms with Crippen LogP contribution in [0.4, 0.5) is 10.8 Å². The molecule has 0 saturated carbocycles. The number of nitrogens with zero attached hydrogens (tertiary/aromatic N) is 2. The van der Waals surface area contributed by atoms with Gasteiger partial charge >= 0.3 is 5.97 Å². The van der Waals surface area contributed by atoms with E-state index in [0.29, 0.717) is 17.2 Å². The van der Waals surface area contributed by atoms with Gasteiger partial charge in [-0.3, -0.25) is 14.4 Å². The van der Waals surface area contributed by atoms with E-state index in [1.807, 2.05) is 55.6 Å². The maximum absolute atomic E-state index is 13.5. The second kappa shape index (κ2) is 10.4. The lowest BCUT2D eigenvalue weighted by Crippen LogP contribution is -2.35. The Morgan fingerprint density at radius 1 is 1.08 bits per heavy atom. The third-order valence-electron chi connectivity index (χ3n) is 6.20. The molecule has 1 amide bonds. The first-order valence-electron chi connectivity index (χ1n) is 11.9. The molecule has 194 valence electrons. The molecule has 10 heteroatoms. The fourth-order valence-corrected chi connectivity index (χ4v) is 6.83. The Balaban J connectivity index is 1.23. The molecule has 38 heavy (non-hydrogen) atoms. The summed E-state index contributed by atoms with van der Waals surface area (Å²) < 4.78 is 33.5. The first kappa shape index (κ1) is 25.6. The molecular weight excluding hydrogens is 522 g/mol. The van der Waals surface area contributed by atoms with Gasteiger partial charge in [-0.2, -0.15) is 0 Å². The highest BCUT2D eigenvalue weighted by molar-refractivity contribution is 7.92. The van der Waals surface area contributed by atoms with Gasteiger partial charge in [-0.25, -0.2) is 18.2 Å². The summed E-state index contributed by atoms with van der Waals surface area (Å²) in [6.07, 6.45) is 0.609. The van der Waals surface area contributed by atoms with Crippen molar-refractivity contribution in [3.8, 4) is 11.3 Å². The third-order valence-corrected chi connectivity index (χ3v) is 8.89. The minimum Gasteiger partial charge on any atom is -0.452 e. The van der Waals surface area contributed by atoms with E-state index >= 15 is 0 Å². The van der Waals surface area contributed by atoms with Gasteiger partial charge in [0.15, 0.2) is 11.7 Å². The average molecular weight is 548 g/mol. The Kier molecular flexibility index (Phi) is 7.00. The summed E-state index contributed by atoms with van der Waals surface area (Å²) in [5, 5.41) is 4.84. The van der Waals surface area contributed by atoms with Crippen molar-refractivity contribution in [1.82, 2.24) is 4.98 Å². The van der Waals surface area contributed by atoms with E-state index in [1.54, 1.807) is 12.1 Å². The van der Waals surface area contributed by atoms with E-state index in [0.717, 1.165) is 22.4 Å². The Morgan fingerprint density at radius 3 is 2.63 bits per heavy atom. The van der Waals surface area contributed by atoms with Crippen molar-refractivity contribution in [2.75, 3.05) is 16.2 Å². The molecule has 1 aliphatic heterocycles. The normalized spacial score (nSPS) is 14.7. The van der Waals surface area contributed by atoms with Gasteiger partial charge < -0.3 is 4.74 Å². The Bertz CT molecular complexity index is 1610. The van der Waals surface area contributed by atoms with Crippen molar-refractivity contribution in [2.24, 2.45) is 0 Å². The maximum atomic E-state index is 13.5. The van der Waals surface area contributed by atoms with E-state index in [9.17, 15) is 18.0 Å². The van der Waals surface area contributed by atoms with Gasteiger partial charge in [0, 0.05) is 17.0 Å². The highest BCUT2D eigenvalue weighted by Crippen LogP contribution is 2.36. The molecule has 1 aromatic heterocycles. The van der Waals surface area contributed by atoms with E-state index in [4.69, 9.17) is 4.74 Å². The number of carbonyl (C=O) groups excluding carboxylic acids is 2. The van der Waals surface area contributed by atoms with Crippen molar-refractivity contribution in [2.45, 2.75) is 31.2 Å². The molecular formula is C28H25N3O5S2. The van der Waals surface area contributed by atoms with Crippen molar-refractivity contribution in [3.63, 3.8) is 0 Å². The molecule has 0 radical (unpaired) electrons. The standard InChI is InChI=1S/C28H25N3O5S2/c1-18-10-12-20(13-11-18)24-17-37-28(29-24)30-26(32)16-36-27(33)22-7-5-8-23(15-22)38(34,35)31-19(2)14-21-6-3-4-9-25(21)31/h3-13,15,17,19H,14,16H2,1-2H3,(H,29,30,32). The summed E-state index contributed by atoms with van der Waals surface area (Å²) in [4.78, 5) is 29.4. The van der Waals surface area contributed by atoms with Gasteiger partial charge in [0.25, 0.3) is 15.9 Å². The number of ether oxygens (including phenoxy) is 1. The van der Waals surface area contributed by atoms with Crippen LogP contribution in [0.3, 0.4) is 0 Å². The van der Waals surface area contributed by atoms with E-state index in [2.05, 4.69) is 10.3 Å². The molecule has 3 aromatic carbocycles. The summed E-state index contributed by atoms with van der Waals surface area (Å²) in [7, 11) is -3.91. The van der Waals surface area contributed by atoms with E-state index in [1.165, 1.54) is 39.9 Å². The number of anilines is 2. The second-order valence-electron chi connectivity index (χ2n) is 9.04. The number of thiazole rings is 1. The number of nitrogens with one attached hydrogen (secondary N) is 1. The smallest absolute Gasteiger partial charge is 0.338 e. The van der Waals surface area contributed by atoms with Crippen molar-refractivity contribution < 1.29 is 22.7 Å². The van der Waals surface area contributed by atoms with Crippen LogP contribution < -0.4 is 9.62 Å². The number of rotatable bonds is 7. The van der Waals surface area contributed by atoms with Crippen LogP contribution in [0.2, 0.25) is 0 Å². The van der Waals surface area contributed by atoms with Crippen LogP contribution in [-0.4, -0.2) is 37.9 Å². The van der Waals surface area contributed by atoms with Crippen LogP contribution in [0.25, 0.3) is 11.3 Å². The highest BCUT2D eigenvalue weighted by atomic mass is 32.2. The molecule has 1 aliphatic rings. The average Bonchev–Trinajstić information content (AvgIpc) is 3.51. The SMILES string of the molecule is Cc1ccc(-c2csc(NC(=O)COC(=O)c3cccc(S(=O)(=O)N4c5ccccc5CC4C)c3)n2)cc1. The third kappa shape index (κ3) is 5.18. The number of sulfonamides is 1. The van der Waals surface area contributed by atoms with Crippen LogP contribution in [0, 0.1) is 6.92 Å². The van der Waals surface area contributed by atoms with Crippen LogP contribution in [0.15, 0.2) is 83.1 Å². The monoisotopic (exact) mass is 547 g/mol. The Labute approximate surface area is 225 Å². The number of aryl methyl sites for hydroxylation is 1. The molecule has 0 saturated heterocycles. The van der Waals surface area contributed by atoms with Gasteiger partial charge in [-0.15, -0.1) is 11.3 Å². The summed E-state index contributed by atoms with van der Waals surface area (Å²) >= 11 is 1.26. The molecule has 0 bridgehead atoms. The van der Waals surface area contributed by atoms with Crippen LogP contribution in [0.1, 0.15) is 28.4 Å². The van der Waals surface area contributed by atoms with Crippen molar-refractivity contribution in [1.29, 1.82) is 0 Å². The van der Waals surface area contributed by atoms with Crippen molar-refractivity contribution >= 4 is 44.1 Å². The molecule has 1 N–H and O–H groups in total. The highest BCUT2D eigenvalue weighted by Gasteiger charge is 2.36. The minimum atomic E-state index is -3.91. The first-order valence-corrected chi connectivity index (χ1v) is 14.3. The Morgan fingerprint density at radius 2 is 1.84 bits per heavy atom. The number of carbonyl (C=O) groups is 2. The van der Waals surface area contributed by atoms with Gasteiger partial charge in [0.2, 0.25) is 0 Å². The zero-order valence-electron chi connectivity index (χ0n) is 20.7. The lowest BCUT2D eigenvalue weighted by Gasteiger charge is -2.24. The quantitative estimate of drug-likeness (QED) is 0.325. The first-order chi connectivity index (χ1) is 18.2. The summed E-state index contributed by atoms with van der Waals surface area (Å²) in [6, 6.07) is 20.6. The minimum absolute atomic E-state index is 0.0219. The summed E-state index contributed by atoms with van der Waals surface area (Å²) in [5.74, 6) is -1.35. The number of esters is 1. The maximum Gasteiger partial charge on any atom is 0.338 e. The molecule has 0 spiro atoms. The van der Waals surface area contributed by atoms with Gasteiger partial charge in [0.05, 0.1) is 21.8 Å². The van der Waals surface area contributed by atoms with Gasteiger partial charge in [-0.05, 0) is 50.1 Å². The predicted octanol–water partition coefficient (Wildman–Crippen LogP) is 5.05. The number of para-hydroxylation sites is 1. The number of benzene rings is 3. The largest absolute Gasteiger partial charge is 0.452 e. The van der Waals surface area contributed by atoms with Crippen molar-refractivity contribution in [3.05, 3.63) is 94.9 Å². The topological polar surface area (TPSA) is 106 Å². The zero-order chi connectivity index (χ0) is 26.9. The molecule has 1 unspecified atom stereocenters. The molecule has 0 aliphatic carbocycles. The number of hydrogen-bond acceptors (Lipinski definition) is 7. The number of fused-ring (bicyclic) bond motifs is 1. The molecule has 2 heterocycles. The summed E-state index contributed by atoms with van der Waals surface area (Å²) in [6.45, 7) is 3.31. The summed E-state index contributed by atoms with van der Waals surface area (Å²) in [5.41, 5.74) is 4.43. The molecule has 0 fully saturated rings. The van der Waals surface area contributed by atoms with E-state index < -0.39 is 28.5 Å². The lowest BCUT2D eigenvalue weighted by molar-refractivity contribution is -0.119. The van der Waals surface area contributed by atoms with Crippen LogP contribution >= 0.6 is 11.3 Å². The van der Waals surface area contributed by atoms with Crippen LogP contribution in [0.5, 0.6) is 0 Å². The lowest BCUT2D eigenvalue weighted by atomic mass is 10.1. The molecule has 8 nitrogen and oxygen atoms in total. The molecule has 4 aromatic rings.